The zero-order valence-electron chi connectivity index (χ0n) is 9.77. The first-order valence-corrected chi connectivity index (χ1v) is 6.72. The van der Waals surface area contributed by atoms with Gasteiger partial charge in [-0.2, -0.15) is 4.31 Å². The van der Waals surface area contributed by atoms with E-state index in [-0.39, 0.29) is 6.54 Å². The van der Waals surface area contributed by atoms with Crippen LogP contribution in [0.4, 0.5) is 0 Å². The summed E-state index contributed by atoms with van der Waals surface area (Å²) in [7, 11) is -1.70. The molecule has 2 N–H and O–H groups in total. The molecule has 6 heteroatoms. The largest absolute Gasteiger partial charge is 0.383 e. The molecular formula is C9H22N2O3S. The fraction of sp³-hybridized carbons (Fsp3) is 1.00. The van der Waals surface area contributed by atoms with E-state index in [0.29, 0.717) is 26.1 Å². The van der Waals surface area contributed by atoms with Crippen LogP contribution in [0.25, 0.3) is 0 Å². The number of hydrogen-bond acceptors (Lipinski definition) is 4. The van der Waals surface area contributed by atoms with Crippen molar-refractivity contribution in [2.75, 3.05) is 33.4 Å². The van der Waals surface area contributed by atoms with Crippen LogP contribution in [0, 0.1) is 0 Å². The van der Waals surface area contributed by atoms with Crippen molar-refractivity contribution >= 4 is 10.0 Å². The lowest BCUT2D eigenvalue weighted by Crippen LogP contribution is -2.43. The Morgan fingerprint density at radius 3 is 2.33 bits per heavy atom. The van der Waals surface area contributed by atoms with Gasteiger partial charge in [0.1, 0.15) is 0 Å². The minimum absolute atomic E-state index is 0.169. The summed E-state index contributed by atoms with van der Waals surface area (Å²) >= 11 is 0. The molecule has 0 amide bonds. The second-order valence-electron chi connectivity index (χ2n) is 3.30. The van der Waals surface area contributed by atoms with E-state index in [1.165, 1.54) is 4.31 Å². The normalized spacial score (nSPS) is 14.5. The first-order valence-electron chi connectivity index (χ1n) is 5.22. The van der Waals surface area contributed by atoms with E-state index in [0.717, 1.165) is 0 Å². The van der Waals surface area contributed by atoms with Crippen LogP contribution in [0.1, 0.15) is 20.3 Å². The van der Waals surface area contributed by atoms with Gasteiger partial charge in [-0.3, -0.25) is 0 Å². The Hall–Kier alpha value is -0.170. The molecule has 0 aromatic carbocycles. The predicted molar refractivity (Wildman–Crippen MR) is 61.2 cm³/mol. The van der Waals surface area contributed by atoms with Crippen molar-refractivity contribution in [2.45, 2.75) is 25.5 Å². The molecule has 0 rings (SSSR count). The van der Waals surface area contributed by atoms with Gasteiger partial charge < -0.3 is 10.5 Å². The SMILES string of the molecule is CCC(CN)S(=O)(=O)N(CC)CCOC. The molecule has 0 saturated carbocycles. The third kappa shape index (κ3) is 4.06. The highest BCUT2D eigenvalue weighted by Crippen LogP contribution is 2.11. The zero-order valence-corrected chi connectivity index (χ0v) is 10.6. The van der Waals surface area contributed by atoms with Crippen LogP contribution in [-0.4, -0.2) is 51.3 Å². The van der Waals surface area contributed by atoms with Crippen LogP contribution in [0.5, 0.6) is 0 Å². The maximum atomic E-state index is 12.0. The fourth-order valence-electron chi connectivity index (χ4n) is 1.37. The lowest BCUT2D eigenvalue weighted by molar-refractivity contribution is 0.180. The molecule has 0 bridgehead atoms. The van der Waals surface area contributed by atoms with E-state index in [1.807, 2.05) is 13.8 Å². The van der Waals surface area contributed by atoms with E-state index < -0.39 is 15.3 Å². The lowest BCUT2D eigenvalue weighted by Gasteiger charge is -2.24. The number of ether oxygens (including phenoxy) is 1. The zero-order chi connectivity index (χ0) is 11.9. The van der Waals surface area contributed by atoms with Gasteiger partial charge in [0.05, 0.1) is 11.9 Å². The Morgan fingerprint density at radius 2 is 2.00 bits per heavy atom. The van der Waals surface area contributed by atoms with Crippen LogP contribution in [0.3, 0.4) is 0 Å². The van der Waals surface area contributed by atoms with Crippen LogP contribution in [0.15, 0.2) is 0 Å². The van der Waals surface area contributed by atoms with Gasteiger partial charge in [-0.15, -0.1) is 0 Å². The monoisotopic (exact) mass is 238 g/mol. The van der Waals surface area contributed by atoms with Crippen LogP contribution in [0.2, 0.25) is 0 Å². The van der Waals surface area contributed by atoms with Gasteiger partial charge in [-0.25, -0.2) is 8.42 Å². The van der Waals surface area contributed by atoms with Crippen molar-refractivity contribution in [3.8, 4) is 0 Å². The molecular weight excluding hydrogens is 216 g/mol. The molecule has 0 aliphatic carbocycles. The van der Waals surface area contributed by atoms with Gasteiger partial charge in [-0.1, -0.05) is 13.8 Å². The predicted octanol–water partition coefficient (Wildman–Crippen LogP) is 0.0218. The minimum atomic E-state index is -3.26. The standard InChI is InChI=1S/C9H22N2O3S/c1-4-9(8-10)15(12,13)11(5-2)6-7-14-3/h9H,4-8,10H2,1-3H3. The lowest BCUT2D eigenvalue weighted by atomic mass is 10.3. The molecule has 15 heavy (non-hydrogen) atoms. The molecule has 0 spiro atoms. The van der Waals surface area contributed by atoms with E-state index in [1.54, 1.807) is 7.11 Å². The highest BCUT2D eigenvalue weighted by molar-refractivity contribution is 7.89. The molecule has 0 heterocycles. The smallest absolute Gasteiger partial charge is 0.218 e. The quantitative estimate of drug-likeness (QED) is 0.647. The summed E-state index contributed by atoms with van der Waals surface area (Å²) in [5.41, 5.74) is 5.45. The molecule has 0 saturated heterocycles. The Kier molecular flexibility index (Phi) is 7.08. The third-order valence-corrected chi connectivity index (χ3v) is 4.93. The number of likely N-dealkylation sites (N-methyl/N-ethyl adjacent to an activating group) is 1. The first kappa shape index (κ1) is 14.8. The highest BCUT2D eigenvalue weighted by Gasteiger charge is 2.28. The number of methoxy groups -OCH3 is 1. The molecule has 1 atom stereocenters. The molecule has 0 aliphatic heterocycles. The number of hydrogen-bond donors (Lipinski definition) is 1. The molecule has 5 nitrogen and oxygen atoms in total. The van der Waals surface area contributed by atoms with Crippen molar-refractivity contribution in [1.29, 1.82) is 0 Å². The second-order valence-corrected chi connectivity index (χ2v) is 5.51. The van der Waals surface area contributed by atoms with E-state index in [2.05, 4.69) is 0 Å². The van der Waals surface area contributed by atoms with E-state index >= 15 is 0 Å². The highest BCUT2D eigenvalue weighted by atomic mass is 32.2. The number of nitrogens with zero attached hydrogens (tertiary/aromatic N) is 1. The fourth-order valence-corrected chi connectivity index (χ4v) is 3.14. The van der Waals surface area contributed by atoms with Crippen LogP contribution >= 0.6 is 0 Å². The topological polar surface area (TPSA) is 72.6 Å². The Morgan fingerprint density at radius 1 is 1.40 bits per heavy atom. The van der Waals surface area contributed by atoms with Crippen molar-refractivity contribution in [3.05, 3.63) is 0 Å². The van der Waals surface area contributed by atoms with Gasteiger partial charge in [0, 0.05) is 26.7 Å². The minimum Gasteiger partial charge on any atom is -0.383 e. The Bertz CT molecular complexity index is 250. The summed E-state index contributed by atoms with van der Waals surface area (Å²) in [6, 6.07) is 0. The van der Waals surface area contributed by atoms with Crippen molar-refractivity contribution in [3.63, 3.8) is 0 Å². The van der Waals surface area contributed by atoms with Gasteiger partial charge in [0.25, 0.3) is 0 Å². The van der Waals surface area contributed by atoms with Gasteiger partial charge in [0.15, 0.2) is 0 Å². The third-order valence-electron chi connectivity index (χ3n) is 2.40. The van der Waals surface area contributed by atoms with E-state index in [4.69, 9.17) is 10.5 Å². The molecule has 0 radical (unpaired) electrons. The van der Waals surface area contributed by atoms with Gasteiger partial charge >= 0.3 is 0 Å². The number of rotatable bonds is 8. The first-order chi connectivity index (χ1) is 7.04. The number of nitrogens with two attached hydrogens (primary N) is 1. The molecule has 0 aromatic rings. The summed E-state index contributed by atoms with van der Waals surface area (Å²) in [6.45, 7) is 5.08. The van der Waals surface area contributed by atoms with Crippen LogP contribution in [-0.2, 0) is 14.8 Å². The Labute approximate surface area is 92.6 Å². The summed E-state index contributed by atoms with van der Waals surface area (Å²) in [6.07, 6.45) is 0.544. The van der Waals surface area contributed by atoms with Gasteiger partial charge in [-0.05, 0) is 6.42 Å². The van der Waals surface area contributed by atoms with E-state index in [9.17, 15) is 8.42 Å². The number of sulfonamides is 1. The molecule has 92 valence electrons. The summed E-state index contributed by atoms with van der Waals surface area (Å²) in [5, 5.41) is -0.477. The molecule has 1 unspecified atom stereocenters. The van der Waals surface area contributed by atoms with Crippen molar-refractivity contribution in [2.24, 2.45) is 5.73 Å². The average Bonchev–Trinajstić information content (AvgIpc) is 2.20. The summed E-state index contributed by atoms with van der Waals surface area (Å²) in [5.74, 6) is 0. The Balaban J connectivity index is 4.64. The van der Waals surface area contributed by atoms with Crippen LogP contribution < -0.4 is 5.73 Å². The van der Waals surface area contributed by atoms with Gasteiger partial charge in [0.2, 0.25) is 10.0 Å². The molecule has 0 aromatic heterocycles. The molecule has 0 aliphatic rings. The summed E-state index contributed by atoms with van der Waals surface area (Å²) < 4.78 is 30.3. The molecule has 0 fully saturated rings. The maximum absolute atomic E-state index is 12.0. The average molecular weight is 238 g/mol. The summed E-state index contributed by atoms with van der Waals surface area (Å²) in [4.78, 5) is 0. The van der Waals surface area contributed by atoms with Crippen molar-refractivity contribution in [1.82, 2.24) is 4.31 Å². The van der Waals surface area contributed by atoms with Crippen molar-refractivity contribution < 1.29 is 13.2 Å². The second kappa shape index (κ2) is 7.16. The maximum Gasteiger partial charge on any atom is 0.218 e.